The molecule has 2 fully saturated rings. The van der Waals surface area contributed by atoms with Crippen LogP contribution < -0.4 is 11.1 Å². The van der Waals surface area contributed by atoms with Crippen molar-refractivity contribution in [2.75, 3.05) is 38.0 Å². The number of rotatable bonds is 6. The molecule has 28 heavy (non-hydrogen) atoms. The molecule has 2 heterocycles. The van der Waals surface area contributed by atoms with Gasteiger partial charge in [0.1, 0.15) is 5.54 Å². The Bertz CT molecular complexity index is 722. The van der Waals surface area contributed by atoms with Crippen molar-refractivity contribution < 1.29 is 14.5 Å². The molecule has 3 N–H and O–H groups in total. The van der Waals surface area contributed by atoms with Crippen molar-refractivity contribution in [1.29, 1.82) is 0 Å². The number of hydrogen-bond acceptors (Lipinski definition) is 6. The molecule has 3 rings (SSSR count). The first-order valence-corrected chi connectivity index (χ1v) is 9.72. The number of nitro groups is 1. The summed E-state index contributed by atoms with van der Waals surface area (Å²) >= 11 is 0. The smallest absolute Gasteiger partial charge is 0.269 e. The average molecular weight is 389 g/mol. The number of non-ortho nitro benzene ring substituents is 1. The molecule has 2 aliphatic heterocycles. The summed E-state index contributed by atoms with van der Waals surface area (Å²) in [4.78, 5) is 39.0. The van der Waals surface area contributed by atoms with Gasteiger partial charge in [-0.15, -0.1) is 0 Å². The van der Waals surface area contributed by atoms with E-state index in [1.807, 2.05) is 4.90 Å². The molecule has 0 bridgehead atoms. The van der Waals surface area contributed by atoms with E-state index in [9.17, 15) is 19.7 Å². The minimum atomic E-state index is -0.592. The van der Waals surface area contributed by atoms with Crippen molar-refractivity contribution in [3.05, 3.63) is 34.4 Å². The van der Waals surface area contributed by atoms with Gasteiger partial charge in [-0.25, -0.2) is 0 Å². The number of benzene rings is 1. The fourth-order valence-electron chi connectivity index (χ4n) is 4.19. The molecule has 1 aromatic rings. The molecule has 152 valence electrons. The summed E-state index contributed by atoms with van der Waals surface area (Å²) in [5.74, 6) is -0.442. The van der Waals surface area contributed by atoms with Gasteiger partial charge in [-0.2, -0.15) is 0 Å². The molecule has 2 amide bonds. The summed E-state index contributed by atoms with van der Waals surface area (Å²) in [6.07, 6.45) is 4.65. The van der Waals surface area contributed by atoms with Crippen LogP contribution in [0.2, 0.25) is 0 Å². The number of primary amides is 1. The molecule has 9 nitrogen and oxygen atoms in total. The number of anilines is 1. The Kier molecular flexibility index (Phi) is 6.25. The molecule has 0 aromatic heterocycles. The summed E-state index contributed by atoms with van der Waals surface area (Å²) < 4.78 is 0. The highest BCUT2D eigenvalue weighted by molar-refractivity contribution is 5.92. The van der Waals surface area contributed by atoms with Crippen LogP contribution in [0.4, 0.5) is 11.4 Å². The van der Waals surface area contributed by atoms with Crippen LogP contribution in [0, 0.1) is 10.1 Å². The van der Waals surface area contributed by atoms with Crippen molar-refractivity contribution in [1.82, 2.24) is 9.80 Å². The highest BCUT2D eigenvalue weighted by Crippen LogP contribution is 2.31. The van der Waals surface area contributed by atoms with Crippen molar-refractivity contribution in [3.8, 4) is 0 Å². The van der Waals surface area contributed by atoms with E-state index >= 15 is 0 Å². The number of nitrogens with one attached hydrogen (secondary N) is 1. The standard InChI is InChI=1S/C19H27N5O4/c20-18(26)19(23-10-2-1-3-11-23)8-12-22(13-9-19)14-17(25)21-15-4-6-16(7-5-15)24(27)28/h4-7H,1-3,8-14H2,(H2,20,26)(H,21,25). The molecular weight excluding hydrogens is 362 g/mol. The molecule has 0 atom stereocenters. The lowest BCUT2D eigenvalue weighted by molar-refractivity contribution is -0.384. The molecule has 0 saturated carbocycles. The normalized spacial score (nSPS) is 20.4. The van der Waals surface area contributed by atoms with Crippen LogP contribution in [0.3, 0.4) is 0 Å². The van der Waals surface area contributed by atoms with Crippen LogP contribution in [0.15, 0.2) is 24.3 Å². The van der Waals surface area contributed by atoms with E-state index in [0.29, 0.717) is 31.6 Å². The van der Waals surface area contributed by atoms with Gasteiger partial charge in [0.25, 0.3) is 5.69 Å². The summed E-state index contributed by atoms with van der Waals surface area (Å²) in [5, 5.41) is 13.4. The predicted octanol–water partition coefficient (Wildman–Crippen LogP) is 1.34. The second-order valence-electron chi connectivity index (χ2n) is 7.57. The van der Waals surface area contributed by atoms with Gasteiger partial charge in [-0.3, -0.25) is 29.5 Å². The van der Waals surface area contributed by atoms with Gasteiger partial charge < -0.3 is 11.1 Å². The van der Waals surface area contributed by atoms with E-state index < -0.39 is 10.5 Å². The molecule has 0 spiro atoms. The third-order valence-electron chi connectivity index (χ3n) is 5.83. The molecule has 2 saturated heterocycles. The molecular formula is C19H27N5O4. The average Bonchev–Trinajstić information content (AvgIpc) is 2.69. The Morgan fingerprint density at radius 3 is 2.21 bits per heavy atom. The van der Waals surface area contributed by atoms with Crippen molar-refractivity contribution in [2.24, 2.45) is 5.73 Å². The highest BCUT2D eigenvalue weighted by Gasteiger charge is 2.45. The number of nitrogens with two attached hydrogens (primary N) is 1. The topological polar surface area (TPSA) is 122 Å². The monoisotopic (exact) mass is 389 g/mol. The van der Waals surface area contributed by atoms with Gasteiger partial charge in [-0.1, -0.05) is 6.42 Å². The summed E-state index contributed by atoms with van der Waals surface area (Å²) in [7, 11) is 0. The maximum absolute atomic E-state index is 12.3. The van der Waals surface area contributed by atoms with E-state index in [4.69, 9.17) is 5.73 Å². The van der Waals surface area contributed by atoms with E-state index in [2.05, 4.69) is 10.2 Å². The van der Waals surface area contributed by atoms with Gasteiger partial charge in [0, 0.05) is 30.9 Å². The number of likely N-dealkylation sites (tertiary alicyclic amines) is 2. The van der Waals surface area contributed by atoms with Crippen LogP contribution in [-0.4, -0.2) is 64.8 Å². The van der Waals surface area contributed by atoms with Crippen LogP contribution in [0.25, 0.3) is 0 Å². The summed E-state index contributed by atoms with van der Waals surface area (Å²) in [6.45, 7) is 3.29. The molecule has 9 heteroatoms. The highest BCUT2D eigenvalue weighted by atomic mass is 16.6. The van der Waals surface area contributed by atoms with Gasteiger partial charge in [0.05, 0.1) is 11.5 Å². The third-order valence-corrected chi connectivity index (χ3v) is 5.83. The quantitative estimate of drug-likeness (QED) is 0.559. The second kappa shape index (κ2) is 8.66. The van der Waals surface area contributed by atoms with Gasteiger partial charge >= 0.3 is 0 Å². The second-order valence-corrected chi connectivity index (χ2v) is 7.57. The largest absolute Gasteiger partial charge is 0.368 e. The Hall–Kier alpha value is -2.52. The fourth-order valence-corrected chi connectivity index (χ4v) is 4.19. The minimum Gasteiger partial charge on any atom is -0.368 e. The lowest BCUT2D eigenvalue weighted by Crippen LogP contribution is -2.63. The Morgan fingerprint density at radius 2 is 1.68 bits per heavy atom. The van der Waals surface area contributed by atoms with Gasteiger partial charge in [0.15, 0.2) is 0 Å². The van der Waals surface area contributed by atoms with E-state index in [0.717, 1.165) is 25.9 Å². The van der Waals surface area contributed by atoms with Crippen molar-refractivity contribution >= 4 is 23.2 Å². The van der Waals surface area contributed by atoms with E-state index in [1.165, 1.54) is 30.7 Å². The minimum absolute atomic E-state index is 0.0190. The van der Waals surface area contributed by atoms with E-state index in [1.54, 1.807) is 0 Å². The number of hydrogen-bond donors (Lipinski definition) is 2. The van der Waals surface area contributed by atoms with Crippen molar-refractivity contribution in [3.63, 3.8) is 0 Å². The number of carbonyl (C=O) groups is 2. The number of amides is 2. The zero-order chi connectivity index (χ0) is 20.1. The van der Waals surface area contributed by atoms with Crippen molar-refractivity contribution in [2.45, 2.75) is 37.6 Å². The number of piperidine rings is 2. The zero-order valence-corrected chi connectivity index (χ0v) is 15.9. The Morgan fingerprint density at radius 1 is 1.07 bits per heavy atom. The number of nitro benzene ring substituents is 1. The maximum atomic E-state index is 12.3. The first kappa shape index (κ1) is 20.2. The SMILES string of the molecule is NC(=O)C1(N2CCCCC2)CCN(CC(=O)Nc2ccc([N+](=O)[O-])cc2)CC1. The Balaban J connectivity index is 1.53. The lowest BCUT2D eigenvalue weighted by Gasteiger charge is -2.48. The van der Waals surface area contributed by atoms with Crippen LogP contribution in [0.1, 0.15) is 32.1 Å². The predicted molar refractivity (Wildman–Crippen MR) is 105 cm³/mol. The molecule has 1 aromatic carbocycles. The summed E-state index contributed by atoms with van der Waals surface area (Å²) in [5.41, 5.74) is 5.70. The van der Waals surface area contributed by atoms with E-state index in [-0.39, 0.29) is 24.0 Å². The molecule has 0 radical (unpaired) electrons. The number of nitrogens with zero attached hydrogens (tertiary/aromatic N) is 3. The number of carbonyl (C=O) groups excluding carboxylic acids is 2. The maximum Gasteiger partial charge on any atom is 0.269 e. The molecule has 0 unspecified atom stereocenters. The summed E-state index contributed by atoms with van der Waals surface area (Å²) in [6, 6.07) is 5.74. The van der Waals surface area contributed by atoms with Crippen LogP contribution in [0.5, 0.6) is 0 Å². The first-order chi connectivity index (χ1) is 13.4. The first-order valence-electron chi connectivity index (χ1n) is 9.72. The lowest BCUT2D eigenvalue weighted by atomic mass is 9.83. The van der Waals surface area contributed by atoms with Crippen LogP contribution in [-0.2, 0) is 9.59 Å². The third kappa shape index (κ3) is 4.48. The zero-order valence-electron chi connectivity index (χ0n) is 15.9. The molecule has 0 aliphatic carbocycles. The van der Waals surface area contributed by atoms with Gasteiger partial charge in [-0.05, 0) is 50.9 Å². The molecule has 2 aliphatic rings. The van der Waals surface area contributed by atoms with Gasteiger partial charge in [0.2, 0.25) is 11.8 Å². The fraction of sp³-hybridized carbons (Fsp3) is 0.579. The Labute approximate surface area is 164 Å². The van der Waals surface area contributed by atoms with Crippen LogP contribution >= 0.6 is 0 Å².